The standard InChI is InChI=1S/C24H23N5OS/c1-12-11-31-22-20(12)27-18(9-13-2-5-17-14(8-13)6-7-26-17)28-24(22)29-21-16-4-3-15(10-16)19(21)23(25)30/h2-8,11,15-16,19,21,26H,9-10H2,1H3,(H2,25,30)(H,27,28,29). The van der Waals surface area contributed by atoms with E-state index in [2.05, 4.69) is 59.0 Å². The molecule has 6 rings (SSSR count). The molecule has 156 valence electrons. The smallest absolute Gasteiger partial charge is 0.223 e. The topological polar surface area (TPSA) is 96.7 Å². The molecule has 7 heteroatoms. The van der Waals surface area contributed by atoms with Gasteiger partial charge in [-0.1, -0.05) is 18.2 Å². The molecule has 1 saturated carbocycles. The molecule has 4 aromatic rings. The third-order valence-electron chi connectivity index (χ3n) is 6.71. The quantitative estimate of drug-likeness (QED) is 0.415. The molecule has 0 aliphatic heterocycles. The number of nitrogens with one attached hydrogen (secondary N) is 2. The van der Waals surface area contributed by atoms with Gasteiger partial charge in [0.25, 0.3) is 0 Å². The van der Waals surface area contributed by atoms with Crippen LogP contribution in [0.4, 0.5) is 5.82 Å². The summed E-state index contributed by atoms with van der Waals surface area (Å²) in [4.78, 5) is 25.2. The van der Waals surface area contributed by atoms with Crippen LogP contribution in [0.15, 0.2) is 48.0 Å². The summed E-state index contributed by atoms with van der Waals surface area (Å²) in [7, 11) is 0. The molecule has 3 aromatic heterocycles. The van der Waals surface area contributed by atoms with Gasteiger partial charge in [0.1, 0.15) is 11.6 Å². The number of hydrogen-bond acceptors (Lipinski definition) is 5. The van der Waals surface area contributed by atoms with Crippen molar-refractivity contribution in [3.05, 3.63) is 64.9 Å². The van der Waals surface area contributed by atoms with Crippen molar-refractivity contribution in [1.29, 1.82) is 0 Å². The number of carbonyl (C=O) groups excluding carboxylic acids is 1. The minimum absolute atomic E-state index is 0.0166. The number of nitrogens with zero attached hydrogens (tertiary/aromatic N) is 2. The van der Waals surface area contributed by atoms with Gasteiger partial charge < -0.3 is 16.0 Å². The van der Waals surface area contributed by atoms with Gasteiger partial charge in [-0.25, -0.2) is 9.97 Å². The van der Waals surface area contributed by atoms with Gasteiger partial charge in [0.2, 0.25) is 5.91 Å². The summed E-state index contributed by atoms with van der Waals surface area (Å²) in [5.74, 6) is 1.71. The number of primary amides is 1. The number of carbonyl (C=O) groups is 1. The molecule has 1 fully saturated rings. The Bertz CT molecular complexity index is 1350. The van der Waals surface area contributed by atoms with Crippen molar-refractivity contribution in [2.75, 3.05) is 5.32 Å². The maximum absolute atomic E-state index is 12.2. The second-order valence-corrected chi connectivity index (χ2v) is 9.59. The molecule has 0 saturated heterocycles. The SMILES string of the molecule is Cc1csc2c(NC3C4C=CC(C4)C3C(N)=O)nc(Cc3ccc4[nH]ccc4c3)nc12. The number of rotatable bonds is 5. The zero-order valence-corrected chi connectivity index (χ0v) is 17.9. The average Bonchev–Trinajstić information content (AvgIpc) is 3.52. The number of aromatic amines is 1. The second-order valence-electron chi connectivity index (χ2n) is 8.71. The summed E-state index contributed by atoms with van der Waals surface area (Å²) in [5.41, 5.74) is 10.2. The number of aryl methyl sites for hydroxylation is 1. The van der Waals surface area contributed by atoms with E-state index in [1.165, 1.54) is 10.9 Å². The number of thiophene rings is 1. The number of fused-ring (bicyclic) bond motifs is 4. The van der Waals surface area contributed by atoms with Crippen LogP contribution in [0.3, 0.4) is 0 Å². The van der Waals surface area contributed by atoms with Crippen molar-refractivity contribution in [2.24, 2.45) is 23.5 Å². The molecule has 3 heterocycles. The molecule has 0 radical (unpaired) electrons. The van der Waals surface area contributed by atoms with E-state index in [9.17, 15) is 4.79 Å². The zero-order chi connectivity index (χ0) is 21.1. The Labute approximate surface area is 183 Å². The minimum atomic E-state index is -0.234. The van der Waals surface area contributed by atoms with Crippen LogP contribution >= 0.6 is 11.3 Å². The lowest BCUT2D eigenvalue weighted by molar-refractivity contribution is -0.122. The number of allylic oxidation sites excluding steroid dienone is 1. The Balaban J connectivity index is 1.38. The Hall–Kier alpha value is -3.19. The number of hydrogen-bond donors (Lipinski definition) is 3. The summed E-state index contributed by atoms with van der Waals surface area (Å²) < 4.78 is 1.04. The lowest BCUT2D eigenvalue weighted by Gasteiger charge is -2.27. The molecule has 4 unspecified atom stereocenters. The largest absolute Gasteiger partial charge is 0.369 e. The van der Waals surface area contributed by atoms with Crippen LogP contribution in [-0.4, -0.2) is 26.9 Å². The van der Waals surface area contributed by atoms with E-state index in [4.69, 9.17) is 15.7 Å². The average molecular weight is 430 g/mol. The van der Waals surface area contributed by atoms with Crippen LogP contribution in [0, 0.1) is 24.7 Å². The number of nitrogens with two attached hydrogens (primary N) is 1. The highest BCUT2D eigenvalue weighted by atomic mass is 32.1. The van der Waals surface area contributed by atoms with Gasteiger partial charge in [-0.3, -0.25) is 4.79 Å². The van der Waals surface area contributed by atoms with E-state index >= 15 is 0 Å². The predicted molar refractivity (Wildman–Crippen MR) is 124 cm³/mol. The monoisotopic (exact) mass is 429 g/mol. The van der Waals surface area contributed by atoms with Crippen molar-refractivity contribution in [3.8, 4) is 0 Å². The van der Waals surface area contributed by atoms with Crippen molar-refractivity contribution in [3.63, 3.8) is 0 Å². The summed E-state index contributed by atoms with van der Waals surface area (Å²) in [6.45, 7) is 2.08. The lowest BCUT2D eigenvalue weighted by atomic mass is 9.88. The highest BCUT2D eigenvalue weighted by Gasteiger charge is 2.47. The maximum atomic E-state index is 12.2. The van der Waals surface area contributed by atoms with E-state index < -0.39 is 0 Å². The Morgan fingerprint density at radius 1 is 1.26 bits per heavy atom. The Morgan fingerprint density at radius 2 is 2.13 bits per heavy atom. The third kappa shape index (κ3) is 3.03. The van der Waals surface area contributed by atoms with Crippen LogP contribution < -0.4 is 11.1 Å². The lowest BCUT2D eigenvalue weighted by Crippen LogP contribution is -2.41. The van der Waals surface area contributed by atoms with E-state index in [1.54, 1.807) is 11.3 Å². The Kier molecular flexibility index (Phi) is 4.14. The summed E-state index contributed by atoms with van der Waals surface area (Å²) >= 11 is 1.65. The van der Waals surface area contributed by atoms with Gasteiger partial charge in [0, 0.05) is 24.2 Å². The predicted octanol–water partition coefficient (Wildman–Crippen LogP) is 4.16. The Morgan fingerprint density at radius 3 is 3.00 bits per heavy atom. The van der Waals surface area contributed by atoms with E-state index in [1.807, 2.05) is 6.20 Å². The highest BCUT2D eigenvalue weighted by Crippen LogP contribution is 2.45. The summed E-state index contributed by atoms with van der Waals surface area (Å²) in [5, 5.41) is 6.91. The molecule has 2 bridgehead atoms. The van der Waals surface area contributed by atoms with E-state index in [0.717, 1.165) is 39.4 Å². The van der Waals surface area contributed by atoms with E-state index in [0.29, 0.717) is 12.3 Å². The van der Waals surface area contributed by atoms with Gasteiger partial charge in [0.05, 0.1) is 16.1 Å². The molecule has 2 aliphatic carbocycles. The summed E-state index contributed by atoms with van der Waals surface area (Å²) in [6.07, 6.45) is 7.94. The first-order valence-electron chi connectivity index (χ1n) is 10.6. The highest BCUT2D eigenvalue weighted by molar-refractivity contribution is 7.18. The fraction of sp³-hybridized carbons (Fsp3) is 0.292. The zero-order valence-electron chi connectivity index (χ0n) is 17.1. The molecule has 2 aliphatic rings. The van der Waals surface area contributed by atoms with Gasteiger partial charge in [0.15, 0.2) is 0 Å². The van der Waals surface area contributed by atoms with Gasteiger partial charge in [-0.2, -0.15) is 0 Å². The number of benzene rings is 1. The molecular formula is C24H23N5OS. The van der Waals surface area contributed by atoms with Crippen LogP contribution in [0.25, 0.3) is 21.1 Å². The molecule has 4 atom stereocenters. The fourth-order valence-electron chi connectivity index (χ4n) is 5.22. The summed E-state index contributed by atoms with van der Waals surface area (Å²) in [6, 6.07) is 8.45. The number of H-pyrrole nitrogens is 1. The van der Waals surface area contributed by atoms with Crippen molar-refractivity contribution in [2.45, 2.75) is 25.8 Å². The molecule has 31 heavy (non-hydrogen) atoms. The van der Waals surface area contributed by atoms with E-state index in [-0.39, 0.29) is 23.8 Å². The van der Waals surface area contributed by atoms with Crippen molar-refractivity contribution >= 4 is 44.2 Å². The van der Waals surface area contributed by atoms with Gasteiger partial charge in [-0.05, 0) is 65.3 Å². The first-order chi connectivity index (χ1) is 15.1. The maximum Gasteiger partial charge on any atom is 0.223 e. The molecule has 1 aromatic carbocycles. The number of aromatic nitrogens is 3. The molecule has 4 N–H and O–H groups in total. The van der Waals surface area contributed by atoms with Crippen molar-refractivity contribution < 1.29 is 4.79 Å². The fourth-order valence-corrected chi connectivity index (χ4v) is 6.16. The second kappa shape index (κ2) is 6.92. The molecule has 1 amide bonds. The van der Waals surface area contributed by atoms with Gasteiger partial charge in [-0.15, -0.1) is 11.3 Å². The van der Waals surface area contributed by atoms with Crippen LogP contribution in [0.5, 0.6) is 0 Å². The minimum Gasteiger partial charge on any atom is -0.369 e. The number of amides is 1. The molecule has 0 spiro atoms. The van der Waals surface area contributed by atoms with Crippen LogP contribution in [0.2, 0.25) is 0 Å². The van der Waals surface area contributed by atoms with Gasteiger partial charge >= 0.3 is 0 Å². The first-order valence-corrected chi connectivity index (χ1v) is 11.5. The normalized spacial score (nSPS) is 24.4. The molecule has 6 nitrogen and oxygen atoms in total. The third-order valence-corrected chi connectivity index (χ3v) is 7.80. The first kappa shape index (κ1) is 18.6. The number of anilines is 1. The molecular weight excluding hydrogens is 406 g/mol. The van der Waals surface area contributed by atoms with Crippen LogP contribution in [0.1, 0.15) is 23.4 Å². The van der Waals surface area contributed by atoms with Crippen molar-refractivity contribution in [1.82, 2.24) is 15.0 Å². The van der Waals surface area contributed by atoms with Crippen LogP contribution in [-0.2, 0) is 11.2 Å².